The van der Waals surface area contributed by atoms with Crippen molar-refractivity contribution in [2.45, 2.75) is 222 Å². The number of aryl methyl sites for hydroxylation is 9. The molecule has 0 aromatic heterocycles. The first-order chi connectivity index (χ1) is 59.0. The van der Waals surface area contributed by atoms with Gasteiger partial charge in [-0.15, -0.1) is 0 Å². The Bertz CT molecular complexity index is 4390. The zero-order chi connectivity index (χ0) is 90.8. The second kappa shape index (κ2) is 66.1. The summed E-state index contributed by atoms with van der Waals surface area (Å²) >= 11 is 0. The molecule has 0 fully saturated rings. The predicted octanol–water partition coefficient (Wildman–Crippen LogP) is 21.5. The van der Waals surface area contributed by atoms with E-state index in [1.54, 1.807) is 0 Å². The van der Waals surface area contributed by atoms with E-state index in [0.717, 1.165) is 149 Å². The molecule has 0 saturated heterocycles. The highest BCUT2D eigenvalue weighted by molar-refractivity contribution is 5.70. The van der Waals surface area contributed by atoms with Gasteiger partial charge >= 0.3 is 47.8 Å². The number of carboxylic acids is 8. The summed E-state index contributed by atoms with van der Waals surface area (Å²) in [5.41, 5.74) is 9.48. The van der Waals surface area contributed by atoms with Gasteiger partial charge in [-0.3, -0.25) is 38.4 Å². The van der Waals surface area contributed by atoms with Crippen LogP contribution in [0, 0.1) is 0 Å². The maximum Gasteiger partial charge on any atom is 0.303 e. The van der Waals surface area contributed by atoms with Crippen LogP contribution in [0.3, 0.4) is 0 Å². The van der Waals surface area contributed by atoms with Crippen LogP contribution in [0.1, 0.15) is 202 Å². The third kappa shape index (κ3) is 58.0. The standard InChI is InChI=1S/C15H14O3.2C13H18O3.3C12H16O3.C12H16O2.C11H14O3/c16-15(17)10-9-12-5-4-8-14(11-12)18-13-6-2-1-3-7-13;1-2-3-10-16-12-7-4-11(5-8-12)6-9-13(14)15;1-2-3-9-16-12-6-4-5-11(10-12)7-8-13(14)15;1-9(2)15-11-6-3-10(4-7-11)5-8-12(13)14;1-9(2)15-11-5-3-4-10(8-11)6-7-12(13)14;1-2-9-15-11-6-3-10(4-7-11)5-8-12(13)14;1-2-3-10-4-6-11(7-5-10)8-9-12(13)14;1-2-14-10-5-3-4-9(8-10)6-7-11(12)13/h1-8,11H,9-10H2,(H,16,17);4-5,7-8H,2-3,6,9-10H2,1H3,(H,14,15);4-6,10H,2-3,7-9H2,1H3,(H,14,15);3-4,6-7,9H,5,8H2,1-2H3,(H,13,14);3-5,8-9H,6-7H2,1-2H3,(H,13,14);3-4,6-7H,2,5,8-9H2,1H3,(H,13,14);4-7H,2-3,8-9H2,1H3,(H,13,14);3-5,8H,2,6-7H2,1H3,(H,12,13). The van der Waals surface area contributed by atoms with Crippen LogP contribution < -0.4 is 33.2 Å². The first-order valence-electron chi connectivity index (χ1n) is 42.0. The number of ether oxygens (including phenoxy) is 7. The first-order valence-corrected chi connectivity index (χ1v) is 42.0. The SMILES string of the molecule is CC(C)Oc1ccc(CCC(=O)O)cc1.CC(C)Oc1cccc(CCC(=O)O)c1.CCCCOc1ccc(CCC(=O)O)cc1.CCCCOc1cccc(CCC(=O)O)c1.CCCOc1ccc(CCC(=O)O)cc1.CCCc1ccc(CCC(=O)O)cc1.CCOc1cccc(CCC(=O)O)c1.O=C(O)CCc1cccc(Oc2ccccc2)c1. The molecule has 0 radical (unpaired) electrons. The van der Waals surface area contributed by atoms with E-state index in [1.165, 1.54) is 5.56 Å². The fraction of sp³-hybridized carbons (Fsp3) is 0.380. The number of hydrogen-bond donors (Lipinski definition) is 8. The van der Waals surface area contributed by atoms with E-state index < -0.39 is 47.8 Å². The number of hydrogen-bond acceptors (Lipinski definition) is 15. The Hall–Kier alpha value is -12.7. The molecule has 23 nitrogen and oxygen atoms in total. The van der Waals surface area contributed by atoms with Crippen LogP contribution >= 0.6 is 0 Å². The summed E-state index contributed by atoms with van der Waals surface area (Å²) in [5, 5.41) is 68.4. The van der Waals surface area contributed by atoms with Gasteiger partial charge in [0.05, 0.1) is 38.6 Å². The Morgan fingerprint density at radius 1 is 0.236 bits per heavy atom. The predicted molar refractivity (Wildman–Crippen MR) is 479 cm³/mol. The average molecular weight is 1700 g/mol. The Morgan fingerprint density at radius 3 is 0.813 bits per heavy atom. The third-order valence-corrected chi connectivity index (χ3v) is 17.0. The minimum atomic E-state index is -0.788. The Morgan fingerprint density at radius 2 is 0.496 bits per heavy atom. The molecule has 8 N–H and O–H groups in total. The normalized spacial score (nSPS) is 10.1. The van der Waals surface area contributed by atoms with Crippen molar-refractivity contribution in [1.29, 1.82) is 0 Å². The largest absolute Gasteiger partial charge is 0.494 e. The van der Waals surface area contributed by atoms with Crippen LogP contribution in [0.2, 0.25) is 0 Å². The maximum atomic E-state index is 10.5. The van der Waals surface area contributed by atoms with Gasteiger partial charge in [0.1, 0.15) is 46.0 Å². The molecule has 0 unspecified atom stereocenters. The Kier molecular flexibility index (Phi) is 57.2. The fourth-order valence-corrected chi connectivity index (χ4v) is 10.8. The van der Waals surface area contributed by atoms with Gasteiger partial charge in [0.15, 0.2) is 0 Å². The van der Waals surface area contributed by atoms with E-state index in [4.69, 9.17) is 74.0 Å². The second-order valence-corrected chi connectivity index (χ2v) is 28.7. The van der Waals surface area contributed by atoms with Gasteiger partial charge in [-0.1, -0.05) is 174 Å². The van der Waals surface area contributed by atoms with Crippen molar-refractivity contribution in [2.75, 3.05) is 26.4 Å². The Labute approximate surface area is 725 Å². The second-order valence-electron chi connectivity index (χ2n) is 28.7. The van der Waals surface area contributed by atoms with Crippen LogP contribution in [-0.2, 0) is 96.1 Å². The van der Waals surface area contributed by atoms with Crippen LogP contribution in [-0.4, -0.2) is 127 Å². The maximum absolute atomic E-state index is 10.5. The molecule has 0 aliphatic rings. The van der Waals surface area contributed by atoms with E-state index in [1.807, 2.05) is 247 Å². The summed E-state index contributed by atoms with van der Waals surface area (Å²) in [6, 6.07) is 70.7. The lowest BCUT2D eigenvalue weighted by atomic mass is 10.1. The fourth-order valence-electron chi connectivity index (χ4n) is 10.8. The van der Waals surface area contributed by atoms with Crippen molar-refractivity contribution in [3.63, 3.8) is 0 Å². The summed E-state index contributed by atoms with van der Waals surface area (Å²) in [6.07, 6.45) is 13.7. The first kappa shape index (κ1) is 106. The van der Waals surface area contributed by atoms with Crippen LogP contribution in [0.15, 0.2) is 224 Å². The van der Waals surface area contributed by atoms with E-state index in [0.29, 0.717) is 64.6 Å². The smallest absolute Gasteiger partial charge is 0.303 e. The zero-order valence-electron chi connectivity index (χ0n) is 72.8. The molecule has 0 atom stereocenters. The minimum absolute atomic E-state index is 0.134. The molecule has 0 bridgehead atoms. The van der Waals surface area contributed by atoms with Crippen molar-refractivity contribution >= 4 is 47.8 Å². The lowest BCUT2D eigenvalue weighted by molar-refractivity contribution is -0.138. The number of aliphatic carboxylic acids is 8. The minimum Gasteiger partial charge on any atom is -0.494 e. The number of carboxylic acid groups (broad SMARTS) is 8. The molecule has 666 valence electrons. The van der Waals surface area contributed by atoms with E-state index in [-0.39, 0.29) is 63.6 Å². The van der Waals surface area contributed by atoms with Crippen molar-refractivity contribution < 1.29 is 112 Å². The molecule has 23 heteroatoms. The highest BCUT2D eigenvalue weighted by atomic mass is 16.5. The molecule has 0 spiro atoms. The molecule has 0 aliphatic carbocycles. The summed E-state index contributed by atoms with van der Waals surface area (Å²) in [7, 11) is 0. The van der Waals surface area contributed by atoms with Crippen LogP contribution in [0.5, 0.6) is 46.0 Å². The van der Waals surface area contributed by atoms with Crippen molar-refractivity contribution in [1.82, 2.24) is 0 Å². The highest BCUT2D eigenvalue weighted by Crippen LogP contribution is 2.24. The van der Waals surface area contributed by atoms with Crippen molar-refractivity contribution in [3.05, 3.63) is 275 Å². The number of unbranched alkanes of at least 4 members (excludes halogenated alkanes) is 2. The lowest BCUT2D eigenvalue weighted by Gasteiger charge is -2.10. The molecule has 0 saturated carbocycles. The van der Waals surface area contributed by atoms with Crippen molar-refractivity contribution in [2.24, 2.45) is 0 Å². The van der Waals surface area contributed by atoms with Gasteiger partial charge < -0.3 is 74.0 Å². The van der Waals surface area contributed by atoms with E-state index in [2.05, 4.69) is 39.8 Å². The van der Waals surface area contributed by atoms with E-state index in [9.17, 15) is 38.4 Å². The molecule has 0 heterocycles. The quantitative estimate of drug-likeness (QED) is 0.0164. The van der Waals surface area contributed by atoms with Gasteiger partial charge in [0.2, 0.25) is 0 Å². The molecule has 9 rings (SSSR count). The van der Waals surface area contributed by atoms with Crippen molar-refractivity contribution in [3.8, 4) is 46.0 Å². The molecular weight excluding hydrogens is 1570 g/mol. The molecule has 9 aromatic carbocycles. The summed E-state index contributed by atoms with van der Waals surface area (Å²) in [4.78, 5) is 83.2. The van der Waals surface area contributed by atoms with Gasteiger partial charge in [-0.25, -0.2) is 0 Å². The molecule has 0 amide bonds. The van der Waals surface area contributed by atoms with Crippen LogP contribution in [0.4, 0.5) is 0 Å². The molecular formula is C100H128O23. The number of benzene rings is 9. The van der Waals surface area contributed by atoms with Gasteiger partial charge in [0.25, 0.3) is 0 Å². The van der Waals surface area contributed by atoms with Gasteiger partial charge in [0, 0.05) is 51.4 Å². The highest BCUT2D eigenvalue weighted by Gasteiger charge is 2.09. The van der Waals surface area contributed by atoms with Crippen LogP contribution in [0.25, 0.3) is 0 Å². The Balaban J connectivity index is 0.000000477. The monoisotopic (exact) mass is 1700 g/mol. The topological polar surface area (TPSA) is 363 Å². The summed E-state index contributed by atoms with van der Waals surface area (Å²) in [5.74, 6) is 0.326. The summed E-state index contributed by atoms with van der Waals surface area (Å²) < 4.78 is 38.5. The van der Waals surface area contributed by atoms with Gasteiger partial charge in [-0.05, 0) is 259 Å². The molecule has 0 aliphatic heterocycles. The lowest BCUT2D eigenvalue weighted by Crippen LogP contribution is -2.05. The number of carbonyl (C=O) groups is 8. The average Bonchev–Trinajstić information content (AvgIpc) is 0.900. The number of para-hydroxylation sites is 1. The molecule has 123 heavy (non-hydrogen) atoms. The zero-order valence-corrected chi connectivity index (χ0v) is 72.8. The summed E-state index contributed by atoms with van der Waals surface area (Å²) in [6.45, 7) is 21.0. The third-order valence-electron chi connectivity index (χ3n) is 17.0. The molecule has 9 aromatic rings. The number of rotatable bonds is 45. The van der Waals surface area contributed by atoms with Gasteiger partial charge in [-0.2, -0.15) is 0 Å². The van der Waals surface area contributed by atoms with E-state index >= 15 is 0 Å².